The van der Waals surface area contributed by atoms with Gasteiger partial charge in [-0.3, -0.25) is 9.59 Å². The minimum absolute atomic E-state index is 0.0140. The molecule has 6 N–H and O–H groups in total. The fourth-order valence-electron chi connectivity index (χ4n) is 8.98. The van der Waals surface area contributed by atoms with E-state index >= 15 is 0 Å². The third-order valence-corrected chi connectivity index (χ3v) is 13.0. The second-order valence-electron chi connectivity index (χ2n) is 18.9. The maximum Gasteiger partial charge on any atom is 0.366 e. The second-order valence-corrected chi connectivity index (χ2v) is 18.9. The Morgan fingerprint density at radius 2 is 1.05 bits per heavy atom. The second kappa shape index (κ2) is 42.0. The lowest BCUT2D eigenvalue weighted by Crippen LogP contribution is -2.68. The van der Waals surface area contributed by atoms with Crippen LogP contribution in [0.5, 0.6) is 0 Å². The van der Waals surface area contributed by atoms with Gasteiger partial charge in [-0.15, -0.1) is 0 Å². The van der Waals surface area contributed by atoms with E-state index in [1.807, 2.05) is 0 Å². The van der Waals surface area contributed by atoms with E-state index in [1.165, 1.54) is 174 Å². The highest BCUT2D eigenvalue weighted by atomic mass is 16.7. The number of rotatable bonds is 46. The van der Waals surface area contributed by atoms with Gasteiger partial charge in [0.2, 0.25) is 11.8 Å². The molecule has 1 rings (SSSR count). The Morgan fingerprint density at radius 1 is 0.636 bits per heavy atom. The molecule has 0 saturated carbocycles. The van der Waals surface area contributed by atoms with Gasteiger partial charge in [-0.2, -0.15) is 0 Å². The maximum atomic E-state index is 13.4. The van der Waals surface area contributed by atoms with Crippen molar-refractivity contribution in [2.24, 2.45) is 5.92 Å². The van der Waals surface area contributed by atoms with Gasteiger partial charge < -0.3 is 54.7 Å². The summed E-state index contributed by atoms with van der Waals surface area (Å²) in [6.45, 7) is 5.97. The van der Waals surface area contributed by atoms with Gasteiger partial charge in [0.25, 0.3) is 5.79 Å². The van der Waals surface area contributed by atoms with Crippen molar-refractivity contribution in [1.29, 1.82) is 0 Å². The standard InChI is InChI=1S/C52H100N2O12/c1-5-7-9-11-13-15-17-19-21-23-25-27-29-31-33-44(34-32-30-28-26-24-22-20-18-16-14-12-10-8-6-2)50(60)53-35-36-63-37-38-64-39-40-65-52(51(61)62-4)41-45(57)47(54-43(3)56)49(66-52)48(59)46(58)42-55/h44-49,55,57-59H,5-42H2,1-4H3,(H,53,60)(H,54,56)/t45-,46+,47+,48+,49+,52-/m0/s1. The summed E-state index contributed by atoms with van der Waals surface area (Å²) in [7, 11) is 1.11. The molecule has 0 aromatic heterocycles. The molecule has 2 amide bonds. The Kier molecular flexibility index (Phi) is 39.5. The lowest BCUT2D eigenvalue weighted by atomic mass is 9.88. The number of aliphatic hydroxyl groups excluding tert-OH is 4. The summed E-state index contributed by atoms with van der Waals surface area (Å²) >= 11 is 0. The highest BCUT2D eigenvalue weighted by molar-refractivity contribution is 5.79. The van der Waals surface area contributed by atoms with Crippen LogP contribution in [0.2, 0.25) is 0 Å². The summed E-state index contributed by atoms with van der Waals surface area (Å²) in [4.78, 5) is 38.1. The number of carbonyl (C=O) groups excluding carboxylic acids is 3. The van der Waals surface area contributed by atoms with Crippen LogP contribution in [-0.4, -0.2) is 128 Å². The van der Waals surface area contributed by atoms with Crippen LogP contribution in [0.4, 0.5) is 0 Å². The van der Waals surface area contributed by atoms with Crippen LogP contribution < -0.4 is 10.6 Å². The molecule has 0 bridgehead atoms. The van der Waals surface area contributed by atoms with Gasteiger partial charge in [0, 0.05) is 25.8 Å². The molecule has 14 heteroatoms. The first kappa shape index (κ1) is 62.1. The predicted octanol–water partition coefficient (Wildman–Crippen LogP) is 8.75. The number of hydrogen-bond acceptors (Lipinski definition) is 12. The molecule has 0 aromatic carbocycles. The monoisotopic (exact) mass is 945 g/mol. The third-order valence-electron chi connectivity index (χ3n) is 13.0. The number of unbranched alkanes of at least 4 members (excludes halogenated alkanes) is 26. The third kappa shape index (κ3) is 29.9. The van der Waals surface area contributed by atoms with Crippen LogP contribution >= 0.6 is 0 Å². The number of esters is 1. The van der Waals surface area contributed by atoms with E-state index in [4.69, 9.17) is 23.7 Å². The molecule has 0 aliphatic carbocycles. The largest absolute Gasteiger partial charge is 0.465 e. The average Bonchev–Trinajstić information content (AvgIpc) is 3.31. The molecule has 14 nitrogen and oxygen atoms in total. The molecule has 66 heavy (non-hydrogen) atoms. The Bertz CT molecular complexity index is 1130. The molecular formula is C52H100N2O12. The lowest BCUT2D eigenvalue weighted by molar-refractivity contribution is -0.314. The zero-order valence-electron chi connectivity index (χ0n) is 42.4. The van der Waals surface area contributed by atoms with E-state index < -0.39 is 61.1 Å². The van der Waals surface area contributed by atoms with Crippen LogP contribution in [0.3, 0.4) is 0 Å². The summed E-state index contributed by atoms with van der Waals surface area (Å²) in [6, 6.07) is -1.22. The summed E-state index contributed by atoms with van der Waals surface area (Å²) in [5.41, 5.74) is 0. The highest BCUT2D eigenvalue weighted by Crippen LogP contribution is 2.34. The summed E-state index contributed by atoms with van der Waals surface area (Å²) < 4.78 is 27.8. The van der Waals surface area contributed by atoms with Crippen molar-refractivity contribution in [1.82, 2.24) is 10.6 Å². The molecule has 0 radical (unpaired) electrons. The predicted molar refractivity (Wildman–Crippen MR) is 261 cm³/mol. The van der Waals surface area contributed by atoms with E-state index in [-0.39, 0.29) is 38.3 Å². The first-order chi connectivity index (χ1) is 32.1. The van der Waals surface area contributed by atoms with Crippen LogP contribution in [-0.2, 0) is 38.1 Å². The van der Waals surface area contributed by atoms with Crippen molar-refractivity contribution in [3.8, 4) is 0 Å². The summed E-state index contributed by atoms with van der Waals surface area (Å²) in [5.74, 6) is -3.57. The Morgan fingerprint density at radius 3 is 1.45 bits per heavy atom. The normalized spacial score (nSPS) is 19.5. The number of hydrogen-bond donors (Lipinski definition) is 6. The van der Waals surface area contributed by atoms with Crippen molar-refractivity contribution in [2.45, 2.75) is 256 Å². The Hall–Kier alpha value is -1.91. The van der Waals surface area contributed by atoms with E-state index in [0.717, 1.165) is 32.8 Å². The number of ether oxygens (including phenoxy) is 5. The van der Waals surface area contributed by atoms with E-state index in [2.05, 4.69) is 24.5 Å². The number of amides is 2. The van der Waals surface area contributed by atoms with Crippen LogP contribution in [0.15, 0.2) is 0 Å². The van der Waals surface area contributed by atoms with Crippen molar-refractivity contribution in [2.75, 3.05) is 53.3 Å². The molecule has 1 aliphatic rings. The number of methoxy groups -OCH3 is 1. The fraction of sp³-hybridized carbons (Fsp3) is 0.942. The molecule has 390 valence electrons. The lowest BCUT2D eigenvalue weighted by Gasteiger charge is -2.46. The van der Waals surface area contributed by atoms with Crippen molar-refractivity contribution in [3.63, 3.8) is 0 Å². The SMILES string of the molecule is CCCCCCCCCCCCCCCCC(CCCCCCCCCCCCCCCC)C(=O)NCCOCCOCCO[C@@]1(C(=O)OC)C[C@H](O)[C@@H](NC(C)=O)[C@H]([C@H](O)[C@H](O)CO)O1. The fourth-order valence-corrected chi connectivity index (χ4v) is 8.98. The number of aliphatic hydroxyl groups is 4. The van der Waals surface area contributed by atoms with Crippen LogP contribution in [0.1, 0.15) is 220 Å². The quantitative estimate of drug-likeness (QED) is 0.0251. The first-order valence-electron chi connectivity index (χ1n) is 26.8. The van der Waals surface area contributed by atoms with Gasteiger partial charge in [-0.1, -0.05) is 194 Å². The van der Waals surface area contributed by atoms with Gasteiger partial charge in [-0.05, 0) is 12.8 Å². The number of nitrogens with one attached hydrogen (secondary N) is 2. The number of carbonyl (C=O) groups is 3. The van der Waals surface area contributed by atoms with Crippen LogP contribution in [0, 0.1) is 5.92 Å². The van der Waals surface area contributed by atoms with Crippen LogP contribution in [0.25, 0.3) is 0 Å². The Labute approximate surface area is 401 Å². The molecule has 1 fully saturated rings. The maximum absolute atomic E-state index is 13.4. The molecule has 1 aliphatic heterocycles. The van der Waals surface area contributed by atoms with E-state index in [9.17, 15) is 34.8 Å². The molecule has 0 unspecified atom stereocenters. The molecule has 6 atom stereocenters. The topological polar surface area (TPSA) is 202 Å². The zero-order valence-corrected chi connectivity index (χ0v) is 42.4. The minimum atomic E-state index is -2.18. The zero-order chi connectivity index (χ0) is 48.5. The van der Waals surface area contributed by atoms with Gasteiger partial charge in [0.05, 0.1) is 58.9 Å². The van der Waals surface area contributed by atoms with Gasteiger partial charge in [0.15, 0.2) is 0 Å². The van der Waals surface area contributed by atoms with Gasteiger partial charge in [0.1, 0.15) is 18.3 Å². The molecule has 0 spiro atoms. The van der Waals surface area contributed by atoms with Gasteiger partial charge >= 0.3 is 5.97 Å². The molecule has 1 heterocycles. The minimum Gasteiger partial charge on any atom is -0.465 e. The van der Waals surface area contributed by atoms with E-state index in [0.29, 0.717) is 13.2 Å². The van der Waals surface area contributed by atoms with Crippen molar-refractivity contribution < 1.29 is 58.5 Å². The van der Waals surface area contributed by atoms with Crippen molar-refractivity contribution in [3.05, 3.63) is 0 Å². The summed E-state index contributed by atoms with van der Waals surface area (Å²) in [5, 5.41) is 46.7. The molecule has 1 saturated heterocycles. The van der Waals surface area contributed by atoms with E-state index in [1.54, 1.807) is 0 Å². The highest BCUT2D eigenvalue weighted by Gasteiger charge is 2.56. The van der Waals surface area contributed by atoms with Gasteiger partial charge in [-0.25, -0.2) is 4.79 Å². The Balaban J connectivity index is 2.45. The smallest absolute Gasteiger partial charge is 0.366 e. The molecular weight excluding hydrogens is 845 g/mol. The molecule has 0 aromatic rings. The first-order valence-corrected chi connectivity index (χ1v) is 26.8. The van der Waals surface area contributed by atoms with Crippen molar-refractivity contribution >= 4 is 17.8 Å². The average molecular weight is 945 g/mol. The summed E-state index contributed by atoms with van der Waals surface area (Å²) in [6.07, 6.45) is 31.9.